The highest BCUT2D eigenvalue weighted by Crippen LogP contribution is 2.07. The van der Waals surface area contributed by atoms with Gasteiger partial charge in [-0.25, -0.2) is 9.78 Å². The molecule has 0 bridgehead atoms. The van der Waals surface area contributed by atoms with E-state index in [2.05, 4.69) is 15.6 Å². The third-order valence-corrected chi connectivity index (χ3v) is 3.32. The summed E-state index contributed by atoms with van der Waals surface area (Å²) in [7, 11) is 0. The van der Waals surface area contributed by atoms with Crippen LogP contribution < -0.4 is 10.6 Å². The third-order valence-electron chi connectivity index (χ3n) is 2.50. The van der Waals surface area contributed by atoms with Gasteiger partial charge in [-0.2, -0.15) is 0 Å². The lowest BCUT2D eigenvalue weighted by atomic mass is 10.2. The molecule has 1 aromatic heterocycles. The average Bonchev–Trinajstić information content (AvgIpc) is 2.72. The van der Waals surface area contributed by atoms with Gasteiger partial charge in [0.15, 0.2) is 0 Å². The number of aryl methyl sites for hydroxylation is 1. The molecule has 1 atom stereocenters. The summed E-state index contributed by atoms with van der Waals surface area (Å²) in [5.74, 6) is -0.854. The first-order valence-corrected chi connectivity index (χ1v) is 7.02. The van der Waals surface area contributed by atoms with Crippen LogP contribution >= 0.6 is 11.3 Å². The van der Waals surface area contributed by atoms with Gasteiger partial charge in [-0.15, -0.1) is 11.3 Å². The van der Waals surface area contributed by atoms with Gasteiger partial charge >= 0.3 is 12.0 Å². The van der Waals surface area contributed by atoms with E-state index in [-0.39, 0.29) is 18.5 Å². The summed E-state index contributed by atoms with van der Waals surface area (Å²) in [6.45, 7) is 4.24. The van der Waals surface area contributed by atoms with E-state index in [4.69, 9.17) is 5.11 Å². The van der Waals surface area contributed by atoms with Gasteiger partial charge in [0.2, 0.25) is 0 Å². The molecule has 1 heterocycles. The van der Waals surface area contributed by atoms with E-state index in [1.54, 1.807) is 18.3 Å². The molecule has 0 radical (unpaired) electrons. The molecule has 0 spiro atoms. The summed E-state index contributed by atoms with van der Waals surface area (Å²) in [4.78, 5) is 26.2. The standard InChI is InChI=1S/C12H19N3O3S/c1-8(3-4-11(16)17)14-12(18)13-6-5-10-7-19-9(2)15-10/h7-8H,3-6H2,1-2H3,(H,16,17)(H2,13,14,18). The van der Waals surface area contributed by atoms with E-state index in [0.29, 0.717) is 19.4 Å². The lowest BCUT2D eigenvalue weighted by Gasteiger charge is -2.13. The molecule has 0 aromatic carbocycles. The maximum absolute atomic E-state index is 11.5. The van der Waals surface area contributed by atoms with Gasteiger partial charge in [0.25, 0.3) is 0 Å². The minimum atomic E-state index is -0.854. The summed E-state index contributed by atoms with van der Waals surface area (Å²) in [5, 5.41) is 16.9. The van der Waals surface area contributed by atoms with Crippen LogP contribution in [0, 0.1) is 6.92 Å². The summed E-state index contributed by atoms with van der Waals surface area (Å²) in [5.41, 5.74) is 0.974. The predicted octanol–water partition coefficient (Wildman–Crippen LogP) is 1.55. The molecular formula is C12H19N3O3S. The van der Waals surface area contributed by atoms with Crippen LogP contribution in [-0.2, 0) is 11.2 Å². The highest BCUT2D eigenvalue weighted by Gasteiger charge is 2.08. The minimum Gasteiger partial charge on any atom is -0.481 e. The van der Waals surface area contributed by atoms with Crippen molar-refractivity contribution in [1.29, 1.82) is 0 Å². The fourth-order valence-corrected chi connectivity index (χ4v) is 2.16. The molecule has 106 valence electrons. The highest BCUT2D eigenvalue weighted by atomic mass is 32.1. The fourth-order valence-electron chi connectivity index (χ4n) is 1.51. The van der Waals surface area contributed by atoms with Gasteiger partial charge in [-0.3, -0.25) is 4.79 Å². The SMILES string of the molecule is Cc1nc(CCNC(=O)NC(C)CCC(=O)O)cs1. The second-order valence-corrected chi connectivity index (χ2v) is 5.40. The zero-order valence-electron chi connectivity index (χ0n) is 11.1. The molecule has 0 aliphatic rings. The van der Waals surface area contributed by atoms with E-state index < -0.39 is 5.97 Å². The number of hydrogen-bond donors (Lipinski definition) is 3. The predicted molar refractivity (Wildman–Crippen MR) is 73.4 cm³/mol. The second kappa shape index (κ2) is 7.73. The quantitative estimate of drug-likeness (QED) is 0.708. The number of carbonyl (C=O) groups is 2. The number of hydrogen-bond acceptors (Lipinski definition) is 4. The minimum absolute atomic E-state index is 0.0551. The lowest BCUT2D eigenvalue weighted by molar-refractivity contribution is -0.137. The van der Waals surface area contributed by atoms with Crippen molar-refractivity contribution in [2.45, 2.75) is 39.2 Å². The first-order chi connectivity index (χ1) is 8.97. The zero-order valence-corrected chi connectivity index (χ0v) is 11.9. The average molecular weight is 285 g/mol. The van der Waals surface area contributed by atoms with E-state index in [0.717, 1.165) is 10.7 Å². The number of thiazole rings is 1. The molecule has 0 fully saturated rings. The first kappa shape index (κ1) is 15.4. The van der Waals surface area contributed by atoms with Crippen molar-refractivity contribution >= 4 is 23.3 Å². The Hall–Kier alpha value is -1.63. The lowest BCUT2D eigenvalue weighted by Crippen LogP contribution is -2.41. The Kier molecular flexibility index (Phi) is 6.27. The summed E-state index contributed by atoms with van der Waals surface area (Å²) in [6.07, 6.45) is 1.18. The highest BCUT2D eigenvalue weighted by molar-refractivity contribution is 7.09. The number of rotatable bonds is 7. The second-order valence-electron chi connectivity index (χ2n) is 4.34. The fraction of sp³-hybridized carbons (Fsp3) is 0.583. The number of carboxylic acid groups (broad SMARTS) is 1. The van der Waals surface area contributed by atoms with Crippen LogP contribution in [-0.4, -0.2) is 34.7 Å². The van der Waals surface area contributed by atoms with Crippen molar-refractivity contribution in [2.75, 3.05) is 6.54 Å². The Labute approximate surface area is 116 Å². The van der Waals surface area contributed by atoms with Crippen molar-refractivity contribution in [3.63, 3.8) is 0 Å². The maximum atomic E-state index is 11.5. The van der Waals surface area contributed by atoms with Gasteiger partial charge in [0.1, 0.15) is 0 Å². The number of aromatic nitrogens is 1. The molecule has 19 heavy (non-hydrogen) atoms. The molecule has 7 heteroatoms. The number of nitrogens with one attached hydrogen (secondary N) is 2. The van der Waals surface area contributed by atoms with Gasteiger partial charge < -0.3 is 15.7 Å². The first-order valence-electron chi connectivity index (χ1n) is 6.14. The van der Waals surface area contributed by atoms with Crippen LogP contribution in [0.5, 0.6) is 0 Å². The summed E-state index contributed by atoms with van der Waals surface area (Å²) < 4.78 is 0. The molecule has 1 aromatic rings. The Balaban J connectivity index is 2.15. The van der Waals surface area contributed by atoms with Crippen LogP contribution in [0.3, 0.4) is 0 Å². The number of carboxylic acids is 1. The molecule has 2 amide bonds. The number of amides is 2. The van der Waals surface area contributed by atoms with Crippen molar-refractivity contribution in [1.82, 2.24) is 15.6 Å². The van der Waals surface area contributed by atoms with Crippen molar-refractivity contribution in [2.24, 2.45) is 0 Å². The zero-order chi connectivity index (χ0) is 14.3. The van der Waals surface area contributed by atoms with Gasteiger partial charge in [0.05, 0.1) is 10.7 Å². The molecule has 0 aliphatic heterocycles. The summed E-state index contributed by atoms with van der Waals surface area (Å²) in [6, 6.07) is -0.428. The number of aliphatic carboxylic acids is 1. The van der Waals surface area contributed by atoms with Crippen molar-refractivity contribution in [3.8, 4) is 0 Å². The Morgan fingerprint density at radius 1 is 1.53 bits per heavy atom. The van der Waals surface area contributed by atoms with Crippen LogP contribution in [0.2, 0.25) is 0 Å². The van der Waals surface area contributed by atoms with Gasteiger partial charge in [0, 0.05) is 30.8 Å². The van der Waals surface area contributed by atoms with Crippen LogP contribution in [0.4, 0.5) is 4.79 Å². The number of urea groups is 1. The maximum Gasteiger partial charge on any atom is 0.315 e. The smallest absolute Gasteiger partial charge is 0.315 e. The summed E-state index contributed by atoms with van der Waals surface area (Å²) >= 11 is 1.59. The molecule has 1 rings (SSSR count). The Bertz CT molecular complexity index is 434. The molecule has 1 unspecified atom stereocenters. The normalized spacial score (nSPS) is 11.9. The van der Waals surface area contributed by atoms with Crippen molar-refractivity contribution in [3.05, 3.63) is 16.1 Å². The van der Waals surface area contributed by atoms with Crippen LogP contribution in [0.15, 0.2) is 5.38 Å². The number of carbonyl (C=O) groups excluding carboxylic acids is 1. The largest absolute Gasteiger partial charge is 0.481 e. The third kappa shape index (κ3) is 6.76. The monoisotopic (exact) mass is 285 g/mol. The molecule has 0 saturated heterocycles. The van der Waals surface area contributed by atoms with E-state index in [9.17, 15) is 9.59 Å². The Morgan fingerprint density at radius 3 is 2.84 bits per heavy atom. The molecule has 6 nitrogen and oxygen atoms in total. The number of nitrogens with zero attached hydrogens (tertiary/aromatic N) is 1. The van der Waals surface area contributed by atoms with Crippen LogP contribution in [0.25, 0.3) is 0 Å². The van der Waals surface area contributed by atoms with Crippen LogP contribution in [0.1, 0.15) is 30.5 Å². The van der Waals surface area contributed by atoms with Crippen molar-refractivity contribution < 1.29 is 14.7 Å². The van der Waals surface area contributed by atoms with E-state index in [1.807, 2.05) is 12.3 Å². The molecule has 0 saturated carbocycles. The molecule has 0 aliphatic carbocycles. The van der Waals surface area contributed by atoms with Gasteiger partial charge in [-0.1, -0.05) is 0 Å². The topological polar surface area (TPSA) is 91.3 Å². The molecular weight excluding hydrogens is 266 g/mol. The van der Waals surface area contributed by atoms with E-state index in [1.165, 1.54) is 0 Å². The Morgan fingerprint density at radius 2 is 2.26 bits per heavy atom. The van der Waals surface area contributed by atoms with E-state index >= 15 is 0 Å². The molecule has 3 N–H and O–H groups in total. The van der Waals surface area contributed by atoms with Gasteiger partial charge in [-0.05, 0) is 20.3 Å².